The third-order valence-corrected chi connectivity index (χ3v) is 3.41. The highest BCUT2D eigenvalue weighted by atomic mass is 16.4. The molecule has 5 nitrogen and oxygen atoms in total. The molecule has 0 heterocycles. The fraction of sp³-hybridized carbons (Fsp3) is 0.846. The molecule has 0 aliphatic heterocycles. The monoisotopic (exact) mass is 258 g/mol. The number of carbonyl (C=O) groups excluding carboxylic acids is 1. The summed E-state index contributed by atoms with van der Waals surface area (Å²) in [5.41, 5.74) is -1.19. The van der Waals surface area contributed by atoms with E-state index in [0.29, 0.717) is 6.54 Å². The molecule has 2 amide bonds. The molecular weight excluding hydrogens is 232 g/mol. The zero-order chi connectivity index (χ0) is 14.5. The number of carbonyl (C=O) groups is 2. The van der Waals surface area contributed by atoms with Crippen LogP contribution in [-0.4, -0.2) is 52.1 Å². The Kier molecular flexibility index (Phi) is 6.15. The van der Waals surface area contributed by atoms with Crippen molar-refractivity contribution in [2.45, 2.75) is 59.0 Å². The summed E-state index contributed by atoms with van der Waals surface area (Å²) in [5, 5.41) is 9.20. The van der Waals surface area contributed by atoms with E-state index in [0.717, 1.165) is 12.8 Å². The van der Waals surface area contributed by atoms with Crippen LogP contribution in [0.25, 0.3) is 0 Å². The lowest BCUT2D eigenvalue weighted by Gasteiger charge is -2.38. The van der Waals surface area contributed by atoms with Gasteiger partial charge in [-0.05, 0) is 34.1 Å². The van der Waals surface area contributed by atoms with Crippen molar-refractivity contribution in [1.29, 1.82) is 0 Å². The van der Waals surface area contributed by atoms with Gasteiger partial charge in [0.1, 0.15) is 5.54 Å². The Morgan fingerprint density at radius 3 is 2.11 bits per heavy atom. The summed E-state index contributed by atoms with van der Waals surface area (Å²) in [4.78, 5) is 26.6. The van der Waals surface area contributed by atoms with Crippen LogP contribution in [0.5, 0.6) is 0 Å². The Hall–Kier alpha value is -1.26. The fourth-order valence-electron chi connectivity index (χ4n) is 1.88. The lowest BCUT2D eigenvalue weighted by atomic mass is 10.0. The van der Waals surface area contributed by atoms with E-state index in [1.165, 1.54) is 4.90 Å². The number of nitrogens with zero attached hydrogens (tertiary/aromatic N) is 2. The van der Waals surface area contributed by atoms with Gasteiger partial charge in [0.2, 0.25) is 0 Å². The van der Waals surface area contributed by atoms with Gasteiger partial charge in [-0.1, -0.05) is 13.3 Å². The predicted octanol–water partition coefficient (Wildman–Crippen LogP) is 2.41. The van der Waals surface area contributed by atoms with Gasteiger partial charge in [-0.25, -0.2) is 9.59 Å². The summed E-state index contributed by atoms with van der Waals surface area (Å²) in [6.45, 7) is 9.31. The standard InChI is InChI=1S/C13H26N2O3/c1-7-9-10(3)14(6)12(18)15(8-2)13(4,5)11(16)17/h10H,7-9H2,1-6H3,(H,16,17). The highest BCUT2D eigenvalue weighted by Gasteiger charge is 2.38. The molecule has 1 unspecified atom stereocenters. The summed E-state index contributed by atoms with van der Waals surface area (Å²) >= 11 is 0. The lowest BCUT2D eigenvalue weighted by molar-refractivity contribution is -0.147. The number of amides is 2. The van der Waals surface area contributed by atoms with Crippen LogP contribution < -0.4 is 0 Å². The number of aliphatic carboxylic acids is 1. The van der Waals surface area contributed by atoms with E-state index >= 15 is 0 Å². The molecule has 0 saturated heterocycles. The molecule has 5 heteroatoms. The van der Waals surface area contributed by atoms with E-state index in [1.807, 2.05) is 6.92 Å². The van der Waals surface area contributed by atoms with Crippen LogP contribution in [0.15, 0.2) is 0 Å². The third-order valence-electron chi connectivity index (χ3n) is 3.41. The number of hydrogen-bond donors (Lipinski definition) is 1. The van der Waals surface area contributed by atoms with Gasteiger partial charge in [-0.2, -0.15) is 0 Å². The topological polar surface area (TPSA) is 60.9 Å². The lowest BCUT2D eigenvalue weighted by Crippen LogP contribution is -2.57. The van der Waals surface area contributed by atoms with Crippen LogP contribution in [0.3, 0.4) is 0 Å². The zero-order valence-corrected chi connectivity index (χ0v) is 12.4. The summed E-state index contributed by atoms with van der Waals surface area (Å²) in [6, 6.07) is -0.119. The highest BCUT2D eigenvalue weighted by molar-refractivity contribution is 5.85. The van der Waals surface area contributed by atoms with Crippen molar-refractivity contribution >= 4 is 12.0 Å². The van der Waals surface area contributed by atoms with Crippen molar-refractivity contribution in [2.75, 3.05) is 13.6 Å². The molecule has 0 aromatic heterocycles. The maximum atomic E-state index is 12.3. The number of hydrogen-bond acceptors (Lipinski definition) is 2. The Morgan fingerprint density at radius 1 is 1.28 bits per heavy atom. The molecule has 0 aromatic carbocycles. The van der Waals surface area contributed by atoms with Crippen molar-refractivity contribution < 1.29 is 14.7 Å². The summed E-state index contributed by atoms with van der Waals surface area (Å²) in [5.74, 6) is -0.991. The van der Waals surface area contributed by atoms with Crippen LogP contribution in [0.1, 0.15) is 47.5 Å². The van der Waals surface area contributed by atoms with Crippen molar-refractivity contribution in [3.63, 3.8) is 0 Å². The summed E-state index contributed by atoms with van der Waals surface area (Å²) < 4.78 is 0. The highest BCUT2D eigenvalue weighted by Crippen LogP contribution is 2.18. The molecule has 0 aromatic rings. The van der Waals surface area contributed by atoms with Crippen molar-refractivity contribution in [3.8, 4) is 0 Å². The van der Waals surface area contributed by atoms with Crippen LogP contribution in [0.4, 0.5) is 4.79 Å². The molecule has 1 atom stereocenters. The van der Waals surface area contributed by atoms with Gasteiger partial charge in [0.05, 0.1) is 0 Å². The molecule has 0 rings (SSSR count). The molecular formula is C13H26N2O3. The SMILES string of the molecule is CCCC(C)N(C)C(=O)N(CC)C(C)(C)C(=O)O. The molecule has 0 fully saturated rings. The largest absolute Gasteiger partial charge is 0.480 e. The quantitative estimate of drug-likeness (QED) is 0.796. The minimum atomic E-state index is -1.19. The van der Waals surface area contributed by atoms with E-state index in [2.05, 4.69) is 6.92 Å². The van der Waals surface area contributed by atoms with Gasteiger partial charge < -0.3 is 14.9 Å². The molecule has 0 saturated carbocycles. The van der Waals surface area contributed by atoms with Gasteiger partial charge in [0, 0.05) is 19.6 Å². The minimum absolute atomic E-state index is 0.112. The molecule has 0 bridgehead atoms. The molecule has 18 heavy (non-hydrogen) atoms. The first-order chi connectivity index (χ1) is 8.19. The Labute approximate surface area is 110 Å². The van der Waals surface area contributed by atoms with Crippen LogP contribution >= 0.6 is 0 Å². The molecule has 106 valence electrons. The van der Waals surface area contributed by atoms with E-state index in [-0.39, 0.29) is 12.1 Å². The second-order valence-electron chi connectivity index (χ2n) is 5.14. The molecule has 0 aliphatic rings. The minimum Gasteiger partial charge on any atom is -0.480 e. The number of likely N-dealkylation sites (N-methyl/N-ethyl adjacent to an activating group) is 1. The van der Waals surface area contributed by atoms with Crippen molar-refractivity contribution in [1.82, 2.24) is 9.80 Å². The van der Waals surface area contributed by atoms with Gasteiger partial charge >= 0.3 is 12.0 Å². The first-order valence-electron chi connectivity index (χ1n) is 6.47. The van der Waals surface area contributed by atoms with Gasteiger partial charge in [0.25, 0.3) is 0 Å². The van der Waals surface area contributed by atoms with Crippen molar-refractivity contribution in [2.24, 2.45) is 0 Å². The Morgan fingerprint density at radius 2 is 1.78 bits per heavy atom. The Balaban J connectivity index is 4.97. The second-order valence-corrected chi connectivity index (χ2v) is 5.14. The number of urea groups is 1. The first kappa shape index (κ1) is 16.7. The molecule has 0 aliphatic carbocycles. The number of rotatable bonds is 6. The van der Waals surface area contributed by atoms with E-state index in [4.69, 9.17) is 0 Å². The average Bonchev–Trinajstić information content (AvgIpc) is 2.28. The predicted molar refractivity (Wildman–Crippen MR) is 71.6 cm³/mol. The fourth-order valence-corrected chi connectivity index (χ4v) is 1.88. The van der Waals surface area contributed by atoms with E-state index in [1.54, 1.807) is 32.7 Å². The zero-order valence-electron chi connectivity index (χ0n) is 12.4. The van der Waals surface area contributed by atoms with Crippen LogP contribution in [-0.2, 0) is 4.79 Å². The summed E-state index contributed by atoms with van der Waals surface area (Å²) in [7, 11) is 1.73. The van der Waals surface area contributed by atoms with E-state index < -0.39 is 11.5 Å². The van der Waals surface area contributed by atoms with Crippen LogP contribution in [0.2, 0.25) is 0 Å². The van der Waals surface area contributed by atoms with Gasteiger partial charge in [-0.3, -0.25) is 0 Å². The maximum Gasteiger partial charge on any atom is 0.329 e. The van der Waals surface area contributed by atoms with Gasteiger partial charge in [-0.15, -0.1) is 0 Å². The normalized spacial score (nSPS) is 13.0. The number of carboxylic acid groups (broad SMARTS) is 1. The third kappa shape index (κ3) is 3.62. The molecule has 0 radical (unpaired) electrons. The van der Waals surface area contributed by atoms with E-state index in [9.17, 15) is 14.7 Å². The summed E-state index contributed by atoms with van der Waals surface area (Å²) in [6.07, 6.45) is 1.90. The maximum absolute atomic E-state index is 12.3. The molecule has 1 N–H and O–H groups in total. The first-order valence-corrected chi connectivity index (χ1v) is 6.47. The smallest absolute Gasteiger partial charge is 0.329 e. The van der Waals surface area contributed by atoms with Gasteiger partial charge in [0.15, 0.2) is 0 Å². The van der Waals surface area contributed by atoms with Crippen molar-refractivity contribution in [3.05, 3.63) is 0 Å². The van der Waals surface area contributed by atoms with Crippen LogP contribution in [0, 0.1) is 0 Å². The molecule has 0 spiro atoms. The average molecular weight is 258 g/mol. The Bertz CT molecular complexity index is 303. The number of carboxylic acids is 1. The second kappa shape index (κ2) is 6.61.